The van der Waals surface area contributed by atoms with E-state index in [2.05, 4.69) is 66.2 Å². The van der Waals surface area contributed by atoms with Crippen LogP contribution in [-0.2, 0) is 13.1 Å². The predicted molar refractivity (Wildman–Crippen MR) is 126 cm³/mol. The molecule has 0 saturated carbocycles. The molecular formula is C24H35N7. The zero-order valence-corrected chi connectivity index (χ0v) is 18.9. The number of likely N-dealkylation sites (tertiary alicyclic amines) is 1. The van der Waals surface area contributed by atoms with Crippen LogP contribution in [-0.4, -0.2) is 71.5 Å². The molecule has 1 unspecified atom stereocenters. The lowest BCUT2D eigenvalue weighted by atomic mass is 10.0. The lowest BCUT2D eigenvalue weighted by molar-refractivity contribution is 0.152. The van der Waals surface area contributed by atoms with E-state index in [1.54, 1.807) is 12.4 Å². The van der Waals surface area contributed by atoms with Crippen LogP contribution in [0.1, 0.15) is 37.3 Å². The van der Waals surface area contributed by atoms with Gasteiger partial charge in [0.25, 0.3) is 0 Å². The number of piperidine rings is 1. The third-order valence-electron chi connectivity index (χ3n) is 6.43. The van der Waals surface area contributed by atoms with Crippen molar-refractivity contribution in [2.75, 3.05) is 44.7 Å². The number of anilines is 1. The van der Waals surface area contributed by atoms with Gasteiger partial charge in [-0.2, -0.15) is 0 Å². The zero-order chi connectivity index (χ0) is 21.5. The monoisotopic (exact) mass is 421 g/mol. The van der Waals surface area contributed by atoms with Crippen LogP contribution in [0, 0.1) is 0 Å². The Morgan fingerprint density at radius 3 is 2.39 bits per heavy atom. The predicted octanol–water partition coefficient (Wildman–Crippen LogP) is 2.75. The summed E-state index contributed by atoms with van der Waals surface area (Å²) < 4.78 is 0. The van der Waals surface area contributed by atoms with E-state index in [0.29, 0.717) is 6.04 Å². The molecule has 1 aromatic carbocycles. The van der Waals surface area contributed by atoms with Crippen LogP contribution in [0.3, 0.4) is 0 Å². The fourth-order valence-corrected chi connectivity index (χ4v) is 4.48. The minimum atomic E-state index is 0.701. The fraction of sp³-hybridized carbons (Fsp3) is 0.542. The van der Waals surface area contributed by atoms with Gasteiger partial charge in [-0.25, -0.2) is 9.97 Å². The molecular weight excluding hydrogens is 386 g/mol. The van der Waals surface area contributed by atoms with E-state index in [1.807, 2.05) is 13.1 Å². The van der Waals surface area contributed by atoms with Crippen molar-refractivity contribution in [2.45, 2.75) is 45.3 Å². The van der Waals surface area contributed by atoms with Gasteiger partial charge >= 0.3 is 0 Å². The Balaban J connectivity index is 1.25. The maximum absolute atomic E-state index is 4.50. The first kappa shape index (κ1) is 21.6. The molecule has 2 aliphatic heterocycles. The number of hydrogen-bond donors (Lipinski definition) is 1. The number of piperazine rings is 1. The molecule has 1 atom stereocenters. The van der Waals surface area contributed by atoms with E-state index >= 15 is 0 Å². The van der Waals surface area contributed by atoms with Crippen LogP contribution in [0.2, 0.25) is 0 Å². The van der Waals surface area contributed by atoms with E-state index < -0.39 is 0 Å². The average molecular weight is 422 g/mol. The van der Waals surface area contributed by atoms with Gasteiger partial charge < -0.3 is 15.1 Å². The normalized spacial score (nSPS) is 20.7. The van der Waals surface area contributed by atoms with Gasteiger partial charge in [-0.1, -0.05) is 30.7 Å². The Bertz CT molecular complexity index is 829. The molecule has 166 valence electrons. The lowest BCUT2D eigenvalue weighted by Gasteiger charge is -2.36. The Morgan fingerprint density at radius 1 is 1.00 bits per heavy atom. The number of benzene rings is 1. The third kappa shape index (κ3) is 5.73. The molecule has 2 aliphatic rings. The molecule has 1 N–H and O–H groups in total. The molecule has 0 bridgehead atoms. The maximum atomic E-state index is 4.50. The number of nitrogens with one attached hydrogen (secondary N) is 1. The van der Waals surface area contributed by atoms with Gasteiger partial charge in [0.05, 0.1) is 0 Å². The van der Waals surface area contributed by atoms with E-state index in [4.69, 9.17) is 0 Å². The minimum absolute atomic E-state index is 0.701. The molecule has 0 spiro atoms. The Kier molecular flexibility index (Phi) is 7.35. The average Bonchev–Trinajstić information content (AvgIpc) is 2.83. The highest BCUT2D eigenvalue weighted by Gasteiger charge is 2.21. The Hall–Kier alpha value is -2.67. The summed E-state index contributed by atoms with van der Waals surface area (Å²) in [5, 5.41) is 3.53. The summed E-state index contributed by atoms with van der Waals surface area (Å²) in [6, 6.07) is 11.6. The first-order chi connectivity index (χ1) is 15.2. The van der Waals surface area contributed by atoms with Crippen LogP contribution in [0.15, 0.2) is 47.7 Å². The fourth-order valence-electron chi connectivity index (χ4n) is 4.48. The molecule has 0 amide bonds. The van der Waals surface area contributed by atoms with Gasteiger partial charge in [-0.15, -0.1) is 0 Å². The topological polar surface area (TPSA) is 59.9 Å². The van der Waals surface area contributed by atoms with Gasteiger partial charge in [0.1, 0.15) is 0 Å². The molecule has 2 saturated heterocycles. The van der Waals surface area contributed by atoms with Gasteiger partial charge in [0.2, 0.25) is 5.95 Å². The summed E-state index contributed by atoms with van der Waals surface area (Å²) in [4.78, 5) is 20.4. The van der Waals surface area contributed by atoms with E-state index in [-0.39, 0.29) is 0 Å². The Labute approximate surface area is 186 Å². The first-order valence-corrected chi connectivity index (χ1v) is 11.5. The summed E-state index contributed by atoms with van der Waals surface area (Å²) in [5.74, 6) is 1.77. The Morgan fingerprint density at radius 2 is 1.71 bits per heavy atom. The van der Waals surface area contributed by atoms with Crippen molar-refractivity contribution in [1.82, 2.24) is 25.1 Å². The molecule has 2 fully saturated rings. The second-order valence-electron chi connectivity index (χ2n) is 8.56. The van der Waals surface area contributed by atoms with Gasteiger partial charge in [-0.3, -0.25) is 9.89 Å². The van der Waals surface area contributed by atoms with Crippen LogP contribution in [0.5, 0.6) is 0 Å². The highest BCUT2D eigenvalue weighted by atomic mass is 15.4. The van der Waals surface area contributed by atoms with Crippen LogP contribution in [0.4, 0.5) is 5.95 Å². The second kappa shape index (κ2) is 10.6. The van der Waals surface area contributed by atoms with E-state index in [9.17, 15) is 0 Å². The summed E-state index contributed by atoms with van der Waals surface area (Å²) in [6.45, 7) is 9.04. The van der Waals surface area contributed by atoms with Gasteiger partial charge in [0, 0.05) is 64.8 Å². The van der Waals surface area contributed by atoms with Gasteiger partial charge in [0.15, 0.2) is 5.96 Å². The molecule has 4 rings (SSSR count). The zero-order valence-electron chi connectivity index (χ0n) is 18.9. The number of hydrogen-bond acceptors (Lipinski definition) is 5. The van der Waals surface area contributed by atoms with Crippen molar-refractivity contribution in [3.63, 3.8) is 0 Å². The number of nitrogens with zero attached hydrogens (tertiary/aromatic N) is 6. The summed E-state index contributed by atoms with van der Waals surface area (Å²) in [7, 11) is 1.86. The first-order valence-electron chi connectivity index (χ1n) is 11.5. The highest BCUT2D eigenvalue weighted by molar-refractivity contribution is 5.80. The van der Waals surface area contributed by atoms with Crippen molar-refractivity contribution in [2.24, 2.45) is 4.99 Å². The van der Waals surface area contributed by atoms with Crippen molar-refractivity contribution >= 4 is 11.9 Å². The van der Waals surface area contributed by atoms with Crippen LogP contribution >= 0.6 is 0 Å². The minimum Gasteiger partial charge on any atom is -0.352 e. The van der Waals surface area contributed by atoms with Crippen molar-refractivity contribution in [3.05, 3.63) is 53.9 Å². The molecule has 7 heteroatoms. The standard InChI is InChI=1S/C24H35N7/c1-20-6-3-4-13-31(20)19-22-9-7-21(8-10-22)18-28-23(25-2)29-14-16-30(17-15-29)24-26-11-5-12-27-24/h5,7-12,20H,3-4,6,13-19H2,1-2H3,(H,25,28). The maximum Gasteiger partial charge on any atom is 0.225 e. The van der Waals surface area contributed by atoms with E-state index in [1.165, 1.54) is 36.9 Å². The largest absolute Gasteiger partial charge is 0.352 e. The number of guanidine groups is 1. The van der Waals surface area contributed by atoms with Crippen LogP contribution < -0.4 is 10.2 Å². The second-order valence-corrected chi connectivity index (χ2v) is 8.56. The van der Waals surface area contributed by atoms with Crippen molar-refractivity contribution in [3.8, 4) is 0 Å². The molecule has 2 aromatic rings. The van der Waals surface area contributed by atoms with E-state index in [0.717, 1.165) is 51.2 Å². The molecule has 3 heterocycles. The smallest absolute Gasteiger partial charge is 0.225 e. The third-order valence-corrected chi connectivity index (χ3v) is 6.43. The van der Waals surface area contributed by atoms with Gasteiger partial charge in [-0.05, 0) is 43.5 Å². The summed E-state index contributed by atoms with van der Waals surface area (Å²) >= 11 is 0. The highest BCUT2D eigenvalue weighted by Crippen LogP contribution is 2.19. The number of aromatic nitrogens is 2. The molecule has 0 radical (unpaired) electrons. The molecule has 1 aromatic heterocycles. The summed E-state index contributed by atoms with van der Waals surface area (Å²) in [5.41, 5.74) is 2.69. The van der Waals surface area contributed by atoms with Crippen molar-refractivity contribution < 1.29 is 0 Å². The molecule has 31 heavy (non-hydrogen) atoms. The molecule has 7 nitrogen and oxygen atoms in total. The number of rotatable bonds is 5. The van der Waals surface area contributed by atoms with Crippen molar-refractivity contribution in [1.29, 1.82) is 0 Å². The quantitative estimate of drug-likeness (QED) is 0.592. The summed E-state index contributed by atoms with van der Waals surface area (Å²) in [6.07, 6.45) is 7.63. The SMILES string of the molecule is CN=C(NCc1ccc(CN2CCCCC2C)cc1)N1CCN(c2ncccn2)CC1. The lowest BCUT2D eigenvalue weighted by Crippen LogP contribution is -2.52. The molecule has 0 aliphatic carbocycles. The van der Waals surface area contributed by atoms with Crippen LogP contribution in [0.25, 0.3) is 0 Å². The number of aliphatic imine (C=N–C) groups is 1.